The van der Waals surface area contributed by atoms with Crippen molar-refractivity contribution in [2.45, 2.75) is 6.10 Å². The second-order valence-electron chi connectivity index (χ2n) is 6.31. The van der Waals surface area contributed by atoms with Crippen LogP contribution in [0.4, 0.5) is 11.4 Å². The van der Waals surface area contributed by atoms with Crippen LogP contribution in [0, 0.1) is 10.1 Å². The van der Waals surface area contributed by atoms with E-state index in [2.05, 4.69) is 20.8 Å². The van der Waals surface area contributed by atoms with Gasteiger partial charge in [-0.15, -0.1) is 10.1 Å². The van der Waals surface area contributed by atoms with Crippen molar-refractivity contribution in [1.29, 1.82) is 0 Å². The summed E-state index contributed by atoms with van der Waals surface area (Å²) in [6, 6.07) is 5.76. The molecule has 1 aromatic rings. The van der Waals surface area contributed by atoms with Gasteiger partial charge in [0, 0.05) is 32.4 Å². The van der Waals surface area contributed by atoms with E-state index < -0.39 is 11.2 Å². The van der Waals surface area contributed by atoms with E-state index in [9.17, 15) is 20.0 Å². The lowest BCUT2D eigenvalue weighted by Crippen LogP contribution is -2.37. The number of aliphatic hydroxyl groups is 1. The first kappa shape index (κ1) is 22.8. The van der Waals surface area contributed by atoms with Gasteiger partial charge in [0.25, 0.3) is 5.09 Å². The number of hydrogen-bond donors (Lipinski definition) is 4. The van der Waals surface area contributed by atoms with Crippen molar-refractivity contribution >= 4 is 29.0 Å². The normalized spacial score (nSPS) is 13.4. The molecule has 1 heterocycles. The highest BCUT2D eigenvalue weighted by atomic mass is 32.2. The van der Waals surface area contributed by atoms with Gasteiger partial charge in [0.05, 0.1) is 18.1 Å². The molecule has 12 heteroatoms. The highest BCUT2D eigenvalue weighted by Gasteiger charge is 2.20. The Labute approximate surface area is 173 Å². The number of para-hydroxylation sites is 1. The molecule has 2 rings (SSSR count). The Bertz CT molecular complexity index is 680. The highest BCUT2D eigenvalue weighted by Crippen LogP contribution is 2.38. The summed E-state index contributed by atoms with van der Waals surface area (Å²) in [5.74, 6) is 1.15. The van der Waals surface area contributed by atoms with Gasteiger partial charge in [-0.1, -0.05) is 6.07 Å². The van der Waals surface area contributed by atoms with Crippen LogP contribution in [0.1, 0.15) is 0 Å². The summed E-state index contributed by atoms with van der Waals surface area (Å²) in [6.07, 6.45) is -0.682. The molecule has 1 aliphatic rings. The van der Waals surface area contributed by atoms with Gasteiger partial charge in [0.2, 0.25) is 5.91 Å². The van der Waals surface area contributed by atoms with E-state index >= 15 is 0 Å². The fourth-order valence-corrected chi connectivity index (χ4v) is 3.27. The monoisotopic (exact) mass is 429 g/mol. The molecule has 0 bridgehead atoms. The minimum atomic E-state index is -0.853. The van der Waals surface area contributed by atoms with Crippen molar-refractivity contribution in [2.24, 2.45) is 0 Å². The lowest BCUT2D eigenvalue weighted by Gasteiger charge is -2.18. The van der Waals surface area contributed by atoms with Crippen molar-refractivity contribution < 1.29 is 24.6 Å². The third-order valence-electron chi connectivity index (χ3n) is 3.98. The molecule has 29 heavy (non-hydrogen) atoms. The van der Waals surface area contributed by atoms with Crippen molar-refractivity contribution in [3.05, 3.63) is 28.3 Å². The van der Waals surface area contributed by atoms with Crippen LogP contribution in [0.5, 0.6) is 5.75 Å². The maximum absolute atomic E-state index is 11.6. The minimum absolute atomic E-state index is 0.0367. The number of thioether (sulfide) groups is 1. The van der Waals surface area contributed by atoms with E-state index in [4.69, 9.17) is 4.74 Å². The molecular weight excluding hydrogens is 402 g/mol. The van der Waals surface area contributed by atoms with E-state index in [-0.39, 0.29) is 24.9 Å². The number of fused-ring (bicyclic) bond motifs is 1. The summed E-state index contributed by atoms with van der Waals surface area (Å²) >= 11 is 1.26. The van der Waals surface area contributed by atoms with E-state index in [0.717, 1.165) is 23.8 Å². The van der Waals surface area contributed by atoms with Gasteiger partial charge in [0.1, 0.15) is 30.8 Å². The number of carbonyl (C=O) groups is 1. The second-order valence-corrected chi connectivity index (χ2v) is 7.42. The number of amides is 1. The lowest BCUT2D eigenvalue weighted by molar-refractivity contribution is -0.756. The zero-order valence-electron chi connectivity index (χ0n) is 16.3. The van der Waals surface area contributed by atoms with Crippen LogP contribution in [0.2, 0.25) is 0 Å². The zero-order chi connectivity index (χ0) is 21.1. The number of nitrogens with one attached hydrogen (secondary N) is 3. The second kappa shape index (κ2) is 12.2. The van der Waals surface area contributed by atoms with Crippen molar-refractivity contribution in [3.63, 3.8) is 0 Å². The molecule has 162 valence electrons. The number of carbonyl (C=O) groups excluding carboxylic acids is 1. The number of anilines is 2. The van der Waals surface area contributed by atoms with Crippen molar-refractivity contribution in [1.82, 2.24) is 10.6 Å². The number of nitrogens with zero attached hydrogens (tertiary/aromatic N) is 2. The maximum Gasteiger partial charge on any atom is 0.294 e. The van der Waals surface area contributed by atoms with E-state index in [1.54, 1.807) is 0 Å². The Hall–Kier alpha value is -2.44. The van der Waals surface area contributed by atoms with Crippen molar-refractivity contribution in [3.8, 4) is 5.75 Å². The van der Waals surface area contributed by atoms with Crippen LogP contribution in [0.15, 0.2) is 18.2 Å². The highest BCUT2D eigenvalue weighted by molar-refractivity contribution is 7.99. The molecule has 1 aliphatic heterocycles. The van der Waals surface area contributed by atoms with Gasteiger partial charge < -0.3 is 35.5 Å². The molecule has 0 spiro atoms. The summed E-state index contributed by atoms with van der Waals surface area (Å²) in [7, 11) is 1.97. The molecule has 0 aliphatic carbocycles. The standard InChI is InChI=1S/C17H27N5O6S/c1-21-12-20-14-3-2-4-15(17(14)21)27-10-13(23)9-18-5-6-19-16(24)11-29-8-7-28-22(25)26/h2-4,13,18,20,23H,5-12H2,1H3,(H,19,24). The molecule has 4 N–H and O–H groups in total. The molecule has 0 saturated heterocycles. The predicted molar refractivity (Wildman–Crippen MR) is 111 cm³/mol. The molecule has 11 nitrogen and oxygen atoms in total. The largest absolute Gasteiger partial charge is 0.489 e. The van der Waals surface area contributed by atoms with Crippen LogP contribution in [0.25, 0.3) is 0 Å². The molecule has 1 atom stereocenters. The molecule has 1 amide bonds. The molecule has 0 radical (unpaired) electrons. The van der Waals surface area contributed by atoms with Crippen LogP contribution >= 0.6 is 11.8 Å². The van der Waals surface area contributed by atoms with Gasteiger partial charge in [0.15, 0.2) is 0 Å². The average molecular weight is 429 g/mol. The van der Waals surface area contributed by atoms with Crippen LogP contribution in [-0.2, 0) is 9.63 Å². The topological polar surface area (TPSA) is 138 Å². The Balaban J connectivity index is 1.51. The van der Waals surface area contributed by atoms with Crippen molar-refractivity contribution in [2.75, 3.05) is 68.3 Å². The molecule has 1 aromatic carbocycles. The third kappa shape index (κ3) is 8.21. The lowest BCUT2D eigenvalue weighted by atomic mass is 10.2. The number of hydrogen-bond acceptors (Lipinski definition) is 10. The summed E-state index contributed by atoms with van der Waals surface area (Å²) in [5, 5.41) is 28.2. The molecule has 0 saturated carbocycles. The Morgan fingerprint density at radius 1 is 1.48 bits per heavy atom. The van der Waals surface area contributed by atoms with Crippen LogP contribution in [0.3, 0.4) is 0 Å². The van der Waals surface area contributed by atoms with Gasteiger partial charge in [-0.2, -0.15) is 11.8 Å². The summed E-state index contributed by atoms with van der Waals surface area (Å²) < 4.78 is 5.76. The average Bonchev–Trinajstić information content (AvgIpc) is 3.07. The number of ether oxygens (including phenoxy) is 1. The Morgan fingerprint density at radius 2 is 2.31 bits per heavy atom. The fourth-order valence-electron chi connectivity index (χ4n) is 2.65. The summed E-state index contributed by atoms with van der Waals surface area (Å²) in [4.78, 5) is 27.8. The Morgan fingerprint density at radius 3 is 3.10 bits per heavy atom. The molecule has 0 aromatic heterocycles. The Kier molecular flexibility index (Phi) is 9.60. The number of rotatable bonds is 14. The molecular formula is C17H27N5O6S. The first-order chi connectivity index (χ1) is 14.0. The zero-order valence-corrected chi connectivity index (χ0v) is 17.1. The first-order valence-corrected chi connectivity index (χ1v) is 10.3. The quantitative estimate of drug-likeness (QED) is 0.180. The number of aliphatic hydroxyl groups excluding tert-OH is 1. The third-order valence-corrected chi connectivity index (χ3v) is 4.90. The maximum atomic E-state index is 11.6. The summed E-state index contributed by atoms with van der Waals surface area (Å²) in [5.41, 5.74) is 2.00. The van der Waals surface area contributed by atoms with Gasteiger partial charge in [-0.05, 0) is 12.1 Å². The fraction of sp³-hybridized carbons (Fsp3) is 0.588. The molecule has 1 unspecified atom stereocenters. The van der Waals surface area contributed by atoms with Crippen LogP contribution in [-0.4, -0.2) is 80.3 Å². The smallest absolute Gasteiger partial charge is 0.294 e. The number of benzene rings is 1. The van der Waals surface area contributed by atoms with E-state index in [1.807, 2.05) is 30.1 Å². The minimum Gasteiger partial charge on any atom is -0.489 e. The van der Waals surface area contributed by atoms with Gasteiger partial charge >= 0.3 is 0 Å². The predicted octanol–water partition coefficient (Wildman–Crippen LogP) is -0.107. The van der Waals surface area contributed by atoms with Gasteiger partial charge in [-0.3, -0.25) is 4.79 Å². The first-order valence-electron chi connectivity index (χ1n) is 9.18. The van der Waals surface area contributed by atoms with Gasteiger partial charge in [-0.25, -0.2) is 0 Å². The SMILES string of the molecule is CN1CNc2cccc(OCC(O)CNCCNC(=O)CSCCO[N+](=O)[O-])c21. The van der Waals surface area contributed by atoms with E-state index in [1.165, 1.54) is 11.8 Å². The summed E-state index contributed by atoms with van der Waals surface area (Å²) in [6.45, 7) is 2.10. The van der Waals surface area contributed by atoms with Crippen LogP contribution < -0.4 is 25.6 Å². The molecule has 0 fully saturated rings. The van der Waals surface area contributed by atoms with E-state index in [0.29, 0.717) is 25.4 Å².